The van der Waals surface area contributed by atoms with Crippen LogP contribution in [0, 0.1) is 0 Å². The van der Waals surface area contributed by atoms with E-state index in [0.717, 1.165) is 6.04 Å². The molecule has 1 fully saturated rings. The highest BCUT2D eigenvalue weighted by Gasteiger charge is 2.49. The number of benzene rings is 2. The maximum absolute atomic E-state index is 6.77. The summed E-state index contributed by atoms with van der Waals surface area (Å²) in [5, 5.41) is 0. The molecule has 2 aromatic rings. The van der Waals surface area contributed by atoms with Crippen molar-refractivity contribution >= 4 is 35.0 Å². The fourth-order valence-electron chi connectivity index (χ4n) is 4.22. The molecule has 4 nitrogen and oxygen atoms in total. The minimum absolute atomic E-state index is 0.231. The molecule has 152 valence electrons. The lowest BCUT2D eigenvalue weighted by atomic mass is 9.93. The van der Waals surface area contributed by atoms with Crippen molar-refractivity contribution in [2.75, 3.05) is 0 Å². The van der Waals surface area contributed by atoms with E-state index in [1.807, 2.05) is 0 Å². The van der Waals surface area contributed by atoms with E-state index in [9.17, 15) is 0 Å². The van der Waals surface area contributed by atoms with Crippen molar-refractivity contribution in [1.82, 2.24) is 0 Å². The van der Waals surface area contributed by atoms with Gasteiger partial charge < -0.3 is 16.5 Å². The normalized spacial score (nSPS) is 27.2. The zero-order chi connectivity index (χ0) is 20.4. The van der Waals surface area contributed by atoms with Crippen LogP contribution in [0.2, 0.25) is 45.3 Å². The van der Waals surface area contributed by atoms with Crippen LogP contribution in [0.25, 0.3) is 0 Å². The Morgan fingerprint density at radius 2 is 1.21 bits per heavy atom. The summed E-state index contributed by atoms with van der Waals surface area (Å²) in [5.74, 6) is 0.231. The maximum atomic E-state index is 6.77. The molecule has 0 bridgehead atoms. The van der Waals surface area contributed by atoms with E-state index < -0.39 is 35.0 Å². The molecule has 0 N–H and O–H groups in total. The van der Waals surface area contributed by atoms with Gasteiger partial charge in [0.2, 0.25) is 0 Å². The molecule has 0 aromatic heterocycles. The summed E-state index contributed by atoms with van der Waals surface area (Å²) >= 11 is 0. The molecule has 28 heavy (non-hydrogen) atoms. The summed E-state index contributed by atoms with van der Waals surface area (Å²) in [6.45, 7) is 12.7. The van der Waals surface area contributed by atoms with E-state index in [2.05, 4.69) is 99.9 Å². The molecule has 1 saturated heterocycles. The van der Waals surface area contributed by atoms with Crippen molar-refractivity contribution in [1.29, 1.82) is 0 Å². The predicted octanol–water partition coefficient (Wildman–Crippen LogP) is 5.22. The van der Waals surface area contributed by atoms with Crippen molar-refractivity contribution in [3.8, 4) is 0 Å². The molecule has 0 aliphatic carbocycles. The fraction of sp³-hybridized carbons (Fsp3) is 0.400. The number of rotatable bonds is 4. The second kappa shape index (κ2) is 8.48. The zero-order valence-corrected chi connectivity index (χ0v) is 21.9. The number of hydrogen-bond acceptors (Lipinski definition) is 4. The fourth-order valence-corrected chi connectivity index (χ4v) is 23.5. The van der Waals surface area contributed by atoms with Gasteiger partial charge in [-0.15, -0.1) is 0 Å². The molecule has 2 unspecified atom stereocenters. The van der Waals surface area contributed by atoms with E-state index in [-0.39, 0.29) is 5.92 Å². The molecular formula is C20H32O4Si4. The van der Waals surface area contributed by atoms with Crippen molar-refractivity contribution in [2.24, 2.45) is 0 Å². The molecule has 3 rings (SSSR count). The van der Waals surface area contributed by atoms with E-state index in [1.165, 1.54) is 11.1 Å². The first kappa shape index (κ1) is 21.8. The highest BCUT2D eigenvalue weighted by molar-refractivity contribution is 6.89. The first-order valence-corrected chi connectivity index (χ1v) is 20.2. The molecule has 1 aliphatic heterocycles. The van der Waals surface area contributed by atoms with E-state index in [4.69, 9.17) is 16.5 Å². The van der Waals surface area contributed by atoms with E-state index >= 15 is 0 Å². The minimum Gasteiger partial charge on any atom is -0.418 e. The maximum Gasteiger partial charge on any atom is 0.318 e. The lowest BCUT2D eigenvalue weighted by Gasteiger charge is -2.45. The van der Waals surface area contributed by atoms with Gasteiger partial charge in [0.05, 0.1) is 0 Å². The topological polar surface area (TPSA) is 36.9 Å². The van der Waals surface area contributed by atoms with Crippen molar-refractivity contribution in [3.05, 3.63) is 71.8 Å². The monoisotopic (exact) mass is 448 g/mol. The van der Waals surface area contributed by atoms with E-state index in [0.29, 0.717) is 0 Å². The van der Waals surface area contributed by atoms with Crippen molar-refractivity contribution in [3.63, 3.8) is 0 Å². The smallest absolute Gasteiger partial charge is 0.318 e. The summed E-state index contributed by atoms with van der Waals surface area (Å²) < 4.78 is 26.2. The zero-order valence-electron chi connectivity index (χ0n) is 17.8. The van der Waals surface area contributed by atoms with Gasteiger partial charge in [-0.2, -0.15) is 0 Å². The largest absolute Gasteiger partial charge is 0.418 e. The van der Waals surface area contributed by atoms with Crippen LogP contribution in [0.15, 0.2) is 60.7 Å². The van der Waals surface area contributed by atoms with Crippen LogP contribution in [-0.4, -0.2) is 35.0 Å². The van der Waals surface area contributed by atoms with Gasteiger partial charge >= 0.3 is 35.0 Å². The molecule has 0 saturated carbocycles. The van der Waals surface area contributed by atoms with Crippen LogP contribution in [0.3, 0.4) is 0 Å². The van der Waals surface area contributed by atoms with Gasteiger partial charge in [-0.1, -0.05) is 60.7 Å². The predicted molar refractivity (Wildman–Crippen MR) is 123 cm³/mol. The van der Waals surface area contributed by atoms with Crippen LogP contribution in [0.1, 0.15) is 17.0 Å². The molecule has 0 spiro atoms. The van der Waals surface area contributed by atoms with Crippen LogP contribution < -0.4 is 0 Å². The van der Waals surface area contributed by atoms with Gasteiger partial charge in [0.15, 0.2) is 0 Å². The quantitative estimate of drug-likeness (QED) is 0.601. The van der Waals surface area contributed by atoms with Crippen LogP contribution in [0.4, 0.5) is 0 Å². The highest BCUT2D eigenvalue weighted by Crippen LogP contribution is 2.37. The molecule has 1 aliphatic rings. The van der Waals surface area contributed by atoms with Gasteiger partial charge in [0.1, 0.15) is 0 Å². The molecule has 1 heterocycles. The van der Waals surface area contributed by atoms with Crippen LogP contribution in [0.5, 0.6) is 0 Å². The van der Waals surface area contributed by atoms with Crippen molar-refractivity contribution < 1.29 is 16.5 Å². The third kappa shape index (κ3) is 5.83. The Morgan fingerprint density at radius 3 is 1.71 bits per heavy atom. The first-order chi connectivity index (χ1) is 13.1. The third-order valence-corrected chi connectivity index (χ3v) is 20.5. The Kier molecular flexibility index (Phi) is 6.62. The number of hydrogen-bond donors (Lipinski definition) is 0. The van der Waals surface area contributed by atoms with Gasteiger partial charge in [0.25, 0.3) is 0 Å². The van der Waals surface area contributed by atoms with Crippen LogP contribution in [-0.2, 0) is 16.5 Å². The Balaban J connectivity index is 1.94. The summed E-state index contributed by atoms with van der Waals surface area (Å²) in [7, 11) is -8.89. The Labute approximate surface area is 174 Å². The lowest BCUT2D eigenvalue weighted by molar-refractivity contribution is 0.246. The summed E-state index contributed by atoms with van der Waals surface area (Å²) in [6.07, 6.45) is 0. The molecule has 0 radical (unpaired) electrons. The molecule has 2 aromatic carbocycles. The van der Waals surface area contributed by atoms with Gasteiger partial charge in [-0.3, -0.25) is 0 Å². The lowest BCUT2D eigenvalue weighted by Crippen LogP contribution is -2.61. The summed E-state index contributed by atoms with van der Waals surface area (Å²) in [6, 6.07) is 22.2. The first-order valence-electron chi connectivity index (χ1n) is 9.93. The van der Waals surface area contributed by atoms with Gasteiger partial charge in [-0.05, 0) is 50.4 Å². The summed E-state index contributed by atoms with van der Waals surface area (Å²) in [4.78, 5) is 0. The average molecular weight is 449 g/mol. The Morgan fingerprint density at radius 1 is 0.714 bits per heavy atom. The molecule has 2 atom stereocenters. The molecule has 0 amide bonds. The third-order valence-electron chi connectivity index (χ3n) is 4.80. The van der Waals surface area contributed by atoms with Crippen molar-refractivity contribution in [2.45, 2.75) is 51.2 Å². The SMILES string of the molecule is C[SiH]1O[Si](C)(C)O[Si](C)(C)O[Si](C)(CC(c2ccccc2)c2ccccc2)O1. The molecule has 8 heteroatoms. The van der Waals surface area contributed by atoms with Gasteiger partial charge in [-0.25, -0.2) is 0 Å². The van der Waals surface area contributed by atoms with Crippen LogP contribution >= 0.6 is 0 Å². The Bertz CT molecular complexity index is 733. The summed E-state index contributed by atoms with van der Waals surface area (Å²) in [5.41, 5.74) is 2.59. The second-order valence-electron chi connectivity index (χ2n) is 8.52. The standard InChI is InChI=1S/C20H32O4Si4/c1-25-21-26(2,3)23-27(4,5)24-28(6,22-25)17-20(18-13-9-7-10-14-18)19-15-11-8-12-16-19/h7-16,20,25H,17H2,1-6H3. The van der Waals surface area contributed by atoms with E-state index in [1.54, 1.807) is 0 Å². The second-order valence-corrected chi connectivity index (χ2v) is 21.4. The average Bonchev–Trinajstić information content (AvgIpc) is 2.58. The molecular weight excluding hydrogens is 417 g/mol. The Hall–Kier alpha value is -0.852. The minimum atomic E-state index is -2.51. The highest BCUT2D eigenvalue weighted by atomic mass is 28.5. The van der Waals surface area contributed by atoms with Gasteiger partial charge in [0, 0.05) is 12.0 Å².